The minimum atomic E-state index is -0.422. The van der Waals surface area contributed by atoms with Gasteiger partial charge in [0.2, 0.25) is 0 Å². The maximum absolute atomic E-state index is 11.8. The van der Waals surface area contributed by atoms with E-state index < -0.39 is 5.60 Å². The predicted molar refractivity (Wildman–Crippen MR) is 60.0 cm³/mol. The molecule has 0 radical (unpaired) electrons. The van der Waals surface area contributed by atoms with Crippen molar-refractivity contribution in [3.05, 3.63) is 0 Å². The van der Waals surface area contributed by atoms with Crippen LogP contribution in [0.4, 0.5) is 4.79 Å². The lowest BCUT2D eigenvalue weighted by atomic mass is 10.0. The molecule has 2 rings (SSSR count). The molecule has 1 amide bonds. The number of rotatable bonds is 0. The lowest BCUT2D eigenvalue weighted by Crippen LogP contribution is -2.36. The largest absolute Gasteiger partial charge is 0.444 e. The van der Waals surface area contributed by atoms with Gasteiger partial charge < -0.3 is 14.7 Å². The first-order valence-corrected chi connectivity index (χ1v) is 6.01. The Bertz CT molecular complexity index is 270. The molecule has 1 aliphatic heterocycles. The van der Waals surface area contributed by atoms with Crippen molar-refractivity contribution in [2.75, 3.05) is 13.1 Å². The van der Waals surface area contributed by atoms with Crippen molar-refractivity contribution in [2.24, 2.45) is 11.8 Å². The summed E-state index contributed by atoms with van der Waals surface area (Å²) in [5.41, 5.74) is -0.422. The summed E-state index contributed by atoms with van der Waals surface area (Å²) in [7, 11) is 0. The Morgan fingerprint density at radius 1 is 1.25 bits per heavy atom. The fourth-order valence-electron chi connectivity index (χ4n) is 2.74. The summed E-state index contributed by atoms with van der Waals surface area (Å²) in [4.78, 5) is 13.6. The van der Waals surface area contributed by atoms with Crippen LogP contribution in [0.2, 0.25) is 0 Å². The van der Waals surface area contributed by atoms with Crippen molar-refractivity contribution in [3.63, 3.8) is 0 Å². The zero-order valence-electron chi connectivity index (χ0n) is 10.3. The van der Waals surface area contributed by atoms with Crippen LogP contribution in [0, 0.1) is 11.8 Å². The molecule has 4 nitrogen and oxygen atoms in total. The van der Waals surface area contributed by atoms with E-state index in [9.17, 15) is 9.90 Å². The van der Waals surface area contributed by atoms with Gasteiger partial charge in [-0.05, 0) is 45.4 Å². The number of carbonyl (C=O) groups is 1. The fourth-order valence-corrected chi connectivity index (χ4v) is 2.74. The number of likely N-dealkylation sites (tertiary alicyclic amines) is 1. The second-order valence-electron chi connectivity index (χ2n) is 6.03. The monoisotopic (exact) mass is 227 g/mol. The Labute approximate surface area is 96.6 Å². The first-order chi connectivity index (χ1) is 7.35. The van der Waals surface area contributed by atoms with Crippen molar-refractivity contribution in [1.82, 2.24) is 4.90 Å². The average molecular weight is 227 g/mol. The Kier molecular flexibility index (Phi) is 2.86. The lowest BCUT2D eigenvalue weighted by Gasteiger charge is -2.25. The molecule has 92 valence electrons. The minimum Gasteiger partial charge on any atom is -0.444 e. The molecule has 0 aromatic carbocycles. The highest BCUT2D eigenvalue weighted by molar-refractivity contribution is 5.68. The SMILES string of the molecule is CC(C)(C)OC(=O)N1C[C@@H]2CC(O)C[C@H]2C1. The number of aliphatic hydroxyl groups excluding tert-OH is 1. The van der Waals surface area contributed by atoms with E-state index in [0.29, 0.717) is 11.8 Å². The zero-order valence-corrected chi connectivity index (χ0v) is 10.3. The second kappa shape index (κ2) is 3.91. The molecule has 0 aromatic heterocycles. The van der Waals surface area contributed by atoms with Gasteiger partial charge in [-0.15, -0.1) is 0 Å². The van der Waals surface area contributed by atoms with Crippen LogP contribution < -0.4 is 0 Å². The third-order valence-electron chi connectivity index (χ3n) is 3.38. The van der Waals surface area contributed by atoms with Gasteiger partial charge in [0.05, 0.1) is 6.10 Å². The molecule has 2 atom stereocenters. The average Bonchev–Trinajstić information content (AvgIpc) is 2.56. The number of fused-ring (bicyclic) bond motifs is 1. The highest BCUT2D eigenvalue weighted by atomic mass is 16.6. The van der Waals surface area contributed by atoms with Crippen molar-refractivity contribution in [3.8, 4) is 0 Å². The fraction of sp³-hybridized carbons (Fsp3) is 0.917. The molecule has 0 aromatic rings. The van der Waals surface area contributed by atoms with Gasteiger partial charge >= 0.3 is 6.09 Å². The molecule has 1 saturated carbocycles. The zero-order chi connectivity index (χ0) is 11.9. The number of hydrogen-bond donors (Lipinski definition) is 1. The predicted octanol–water partition coefficient (Wildman–Crippen LogP) is 1.62. The normalized spacial score (nSPS) is 30.6. The van der Waals surface area contributed by atoms with Crippen LogP contribution >= 0.6 is 0 Å². The van der Waals surface area contributed by atoms with Gasteiger partial charge in [0.15, 0.2) is 0 Å². The van der Waals surface area contributed by atoms with Gasteiger partial charge in [-0.25, -0.2) is 4.79 Å². The van der Waals surface area contributed by atoms with E-state index in [4.69, 9.17) is 4.74 Å². The Morgan fingerprint density at radius 2 is 1.75 bits per heavy atom. The van der Waals surface area contributed by atoms with Crippen LogP contribution in [0.25, 0.3) is 0 Å². The highest BCUT2D eigenvalue weighted by Crippen LogP contribution is 2.38. The quantitative estimate of drug-likeness (QED) is 0.684. The molecular weight excluding hydrogens is 206 g/mol. The molecule has 2 fully saturated rings. The van der Waals surface area contributed by atoms with Gasteiger partial charge in [0, 0.05) is 13.1 Å². The van der Waals surface area contributed by atoms with Crippen LogP contribution in [0.3, 0.4) is 0 Å². The summed E-state index contributed by atoms with van der Waals surface area (Å²) >= 11 is 0. The van der Waals surface area contributed by atoms with Gasteiger partial charge in [-0.3, -0.25) is 0 Å². The van der Waals surface area contributed by atoms with Gasteiger partial charge in [-0.1, -0.05) is 0 Å². The van der Waals surface area contributed by atoms with E-state index in [0.717, 1.165) is 25.9 Å². The maximum atomic E-state index is 11.8. The summed E-state index contributed by atoms with van der Waals surface area (Å²) in [6.45, 7) is 7.13. The summed E-state index contributed by atoms with van der Waals surface area (Å²) in [6, 6.07) is 0. The van der Waals surface area contributed by atoms with Crippen molar-refractivity contribution in [2.45, 2.75) is 45.3 Å². The standard InChI is InChI=1S/C12H21NO3/c1-12(2,3)16-11(15)13-6-8-4-10(14)5-9(8)7-13/h8-10,14H,4-7H2,1-3H3/t8-,9-/m0/s1. The van der Waals surface area contributed by atoms with Gasteiger partial charge in [-0.2, -0.15) is 0 Å². The molecule has 1 saturated heterocycles. The summed E-state index contributed by atoms with van der Waals surface area (Å²) in [5, 5.41) is 9.51. The molecule has 4 heteroatoms. The van der Waals surface area contributed by atoms with Gasteiger partial charge in [0.25, 0.3) is 0 Å². The molecule has 1 heterocycles. The summed E-state index contributed by atoms with van der Waals surface area (Å²) in [5.74, 6) is 0.949. The Balaban J connectivity index is 1.88. The van der Waals surface area contributed by atoms with Crippen LogP contribution in [0.1, 0.15) is 33.6 Å². The van der Waals surface area contributed by atoms with E-state index in [1.165, 1.54) is 0 Å². The topological polar surface area (TPSA) is 49.8 Å². The first kappa shape index (κ1) is 11.7. The summed E-state index contributed by atoms with van der Waals surface area (Å²) in [6.07, 6.45) is 1.31. The van der Waals surface area contributed by atoms with Crippen LogP contribution in [-0.2, 0) is 4.74 Å². The number of carbonyl (C=O) groups excluding carboxylic acids is 1. The summed E-state index contributed by atoms with van der Waals surface area (Å²) < 4.78 is 5.34. The number of nitrogens with zero attached hydrogens (tertiary/aromatic N) is 1. The number of ether oxygens (including phenoxy) is 1. The molecule has 16 heavy (non-hydrogen) atoms. The molecule has 0 bridgehead atoms. The molecule has 1 N–H and O–H groups in total. The molecule has 2 aliphatic rings. The van der Waals surface area contributed by atoms with E-state index in [2.05, 4.69) is 0 Å². The van der Waals surface area contributed by atoms with Gasteiger partial charge in [0.1, 0.15) is 5.60 Å². The van der Waals surface area contributed by atoms with Crippen LogP contribution in [0.15, 0.2) is 0 Å². The minimum absolute atomic E-state index is 0.157. The van der Waals surface area contributed by atoms with E-state index in [-0.39, 0.29) is 12.2 Å². The number of amides is 1. The third kappa shape index (κ3) is 2.48. The maximum Gasteiger partial charge on any atom is 0.410 e. The number of hydrogen-bond acceptors (Lipinski definition) is 3. The molecule has 0 spiro atoms. The van der Waals surface area contributed by atoms with Crippen molar-refractivity contribution >= 4 is 6.09 Å². The van der Waals surface area contributed by atoms with E-state index in [1.807, 2.05) is 20.8 Å². The lowest BCUT2D eigenvalue weighted by molar-refractivity contribution is 0.0269. The molecular formula is C12H21NO3. The number of aliphatic hydroxyl groups is 1. The van der Waals surface area contributed by atoms with E-state index >= 15 is 0 Å². The smallest absolute Gasteiger partial charge is 0.410 e. The Hall–Kier alpha value is -0.770. The van der Waals surface area contributed by atoms with E-state index in [1.54, 1.807) is 4.90 Å². The van der Waals surface area contributed by atoms with Crippen LogP contribution in [0.5, 0.6) is 0 Å². The third-order valence-corrected chi connectivity index (χ3v) is 3.38. The highest BCUT2D eigenvalue weighted by Gasteiger charge is 2.42. The van der Waals surface area contributed by atoms with Crippen LogP contribution in [-0.4, -0.2) is 40.9 Å². The Morgan fingerprint density at radius 3 is 2.19 bits per heavy atom. The molecule has 1 aliphatic carbocycles. The van der Waals surface area contributed by atoms with Crippen molar-refractivity contribution in [1.29, 1.82) is 0 Å². The first-order valence-electron chi connectivity index (χ1n) is 6.01. The molecule has 0 unspecified atom stereocenters. The van der Waals surface area contributed by atoms with Crippen molar-refractivity contribution < 1.29 is 14.6 Å². The second-order valence-corrected chi connectivity index (χ2v) is 6.03.